The van der Waals surface area contributed by atoms with Gasteiger partial charge in [0.05, 0.1) is 0 Å². The molecular weight excluding hydrogens is 354 g/mol. The summed E-state index contributed by atoms with van der Waals surface area (Å²) in [5.41, 5.74) is 3.51. The number of nitrogens with zero attached hydrogens (tertiary/aromatic N) is 1. The standard InChI is InChI=1S/C22H25N3O3/c1-25(2)22(28)16-9-7-15(8-10-16)14-23-20(26)12-11-18-13-17-5-3-4-6-19(17)24-21(18)27/h3-10,18H,11-14H2,1-2H3,(H,23,26)(H,24,27). The van der Waals surface area contributed by atoms with E-state index in [1.807, 2.05) is 36.4 Å². The summed E-state index contributed by atoms with van der Waals surface area (Å²) < 4.78 is 0. The Hall–Kier alpha value is -3.15. The minimum absolute atomic E-state index is 0.0207. The fraction of sp³-hybridized carbons (Fsp3) is 0.318. The van der Waals surface area contributed by atoms with E-state index in [4.69, 9.17) is 0 Å². The van der Waals surface area contributed by atoms with E-state index in [1.54, 1.807) is 26.2 Å². The van der Waals surface area contributed by atoms with E-state index in [2.05, 4.69) is 10.6 Å². The lowest BCUT2D eigenvalue weighted by Crippen LogP contribution is -2.31. The van der Waals surface area contributed by atoms with Crippen LogP contribution < -0.4 is 10.6 Å². The molecule has 3 amide bonds. The van der Waals surface area contributed by atoms with Crippen molar-refractivity contribution in [2.75, 3.05) is 19.4 Å². The average Bonchev–Trinajstić information content (AvgIpc) is 2.70. The molecule has 1 aliphatic heterocycles. The van der Waals surface area contributed by atoms with E-state index in [9.17, 15) is 14.4 Å². The zero-order valence-electron chi connectivity index (χ0n) is 16.2. The Morgan fingerprint density at radius 1 is 1.11 bits per heavy atom. The highest BCUT2D eigenvalue weighted by Gasteiger charge is 2.26. The van der Waals surface area contributed by atoms with E-state index in [-0.39, 0.29) is 23.6 Å². The molecule has 1 aliphatic rings. The zero-order valence-corrected chi connectivity index (χ0v) is 16.2. The van der Waals surface area contributed by atoms with Crippen LogP contribution in [0.25, 0.3) is 0 Å². The first-order valence-electron chi connectivity index (χ1n) is 9.40. The third kappa shape index (κ3) is 4.76. The van der Waals surface area contributed by atoms with Crippen molar-refractivity contribution in [1.82, 2.24) is 10.2 Å². The Morgan fingerprint density at radius 2 is 1.82 bits per heavy atom. The van der Waals surface area contributed by atoms with E-state index in [1.165, 1.54) is 4.90 Å². The first kappa shape index (κ1) is 19.6. The lowest BCUT2D eigenvalue weighted by atomic mass is 9.89. The maximum Gasteiger partial charge on any atom is 0.253 e. The maximum absolute atomic E-state index is 12.2. The number of para-hydroxylation sites is 1. The van der Waals surface area contributed by atoms with Gasteiger partial charge in [-0.15, -0.1) is 0 Å². The highest BCUT2D eigenvalue weighted by molar-refractivity contribution is 5.96. The van der Waals surface area contributed by atoms with E-state index in [0.717, 1.165) is 16.8 Å². The van der Waals surface area contributed by atoms with Crippen LogP contribution in [0.1, 0.15) is 34.3 Å². The van der Waals surface area contributed by atoms with Gasteiger partial charge in [-0.25, -0.2) is 0 Å². The van der Waals surface area contributed by atoms with Crippen LogP contribution in [0.15, 0.2) is 48.5 Å². The van der Waals surface area contributed by atoms with Gasteiger partial charge in [0.2, 0.25) is 11.8 Å². The summed E-state index contributed by atoms with van der Waals surface area (Å²) >= 11 is 0. The van der Waals surface area contributed by atoms with Crippen LogP contribution in [-0.4, -0.2) is 36.7 Å². The molecule has 3 rings (SSSR count). The molecule has 0 radical (unpaired) electrons. The number of hydrogen-bond acceptors (Lipinski definition) is 3. The number of carbonyl (C=O) groups is 3. The number of amides is 3. The Bertz CT molecular complexity index is 875. The first-order chi connectivity index (χ1) is 13.4. The summed E-state index contributed by atoms with van der Waals surface area (Å²) in [5, 5.41) is 5.79. The summed E-state index contributed by atoms with van der Waals surface area (Å²) in [6.45, 7) is 0.398. The first-order valence-corrected chi connectivity index (χ1v) is 9.40. The van der Waals surface area contributed by atoms with Gasteiger partial charge in [0.1, 0.15) is 0 Å². The van der Waals surface area contributed by atoms with E-state index in [0.29, 0.717) is 31.4 Å². The molecule has 2 N–H and O–H groups in total. The number of fused-ring (bicyclic) bond motifs is 1. The second-order valence-electron chi connectivity index (χ2n) is 7.26. The van der Waals surface area contributed by atoms with Crippen molar-refractivity contribution in [1.29, 1.82) is 0 Å². The Labute approximate surface area is 164 Å². The van der Waals surface area contributed by atoms with Crippen LogP contribution in [0, 0.1) is 5.92 Å². The topological polar surface area (TPSA) is 78.5 Å². The summed E-state index contributed by atoms with van der Waals surface area (Å²) in [5.74, 6) is -0.340. The fourth-order valence-corrected chi connectivity index (χ4v) is 3.26. The van der Waals surface area contributed by atoms with Crippen LogP contribution >= 0.6 is 0 Å². The van der Waals surface area contributed by atoms with Crippen molar-refractivity contribution < 1.29 is 14.4 Å². The second kappa shape index (κ2) is 8.69. The molecule has 1 atom stereocenters. The lowest BCUT2D eigenvalue weighted by Gasteiger charge is -2.24. The molecule has 0 spiro atoms. The van der Waals surface area contributed by atoms with Crippen LogP contribution in [0.2, 0.25) is 0 Å². The van der Waals surface area contributed by atoms with Crippen LogP contribution in [0.5, 0.6) is 0 Å². The van der Waals surface area contributed by atoms with Gasteiger partial charge in [0.25, 0.3) is 5.91 Å². The maximum atomic E-state index is 12.2. The molecular formula is C22H25N3O3. The average molecular weight is 379 g/mol. The van der Waals surface area contributed by atoms with Gasteiger partial charge < -0.3 is 15.5 Å². The van der Waals surface area contributed by atoms with Gasteiger partial charge in [0, 0.05) is 44.2 Å². The van der Waals surface area contributed by atoms with Gasteiger partial charge in [0.15, 0.2) is 0 Å². The molecule has 1 heterocycles. The van der Waals surface area contributed by atoms with Gasteiger partial charge >= 0.3 is 0 Å². The number of nitrogens with one attached hydrogen (secondary N) is 2. The molecule has 0 aliphatic carbocycles. The van der Waals surface area contributed by atoms with Gasteiger partial charge in [-0.3, -0.25) is 14.4 Å². The van der Waals surface area contributed by atoms with Crippen molar-refractivity contribution in [3.05, 3.63) is 65.2 Å². The molecule has 2 aromatic carbocycles. The molecule has 0 saturated carbocycles. The number of benzene rings is 2. The third-order valence-corrected chi connectivity index (χ3v) is 4.93. The van der Waals surface area contributed by atoms with Gasteiger partial charge in [-0.05, 0) is 42.2 Å². The minimum atomic E-state index is -0.183. The van der Waals surface area contributed by atoms with Crippen molar-refractivity contribution in [2.45, 2.75) is 25.8 Å². The summed E-state index contributed by atoms with van der Waals surface area (Å²) in [6, 6.07) is 14.9. The quantitative estimate of drug-likeness (QED) is 0.810. The Morgan fingerprint density at radius 3 is 2.54 bits per heavy atom. The molecule has 0 aromatic heterocycles. The SMILES string of the molecule is CN(C)C(=O)c1ccc(CNC(=O)CCC2Cc3ccccc3NC2=O)cc1. The monoisotopic (exact) mass is 379 g/mol. The zero-order chi connectivity index (χ0) is 20.1. The highest BCUT2D eigenvalue weighted by Crippen LogP contribution is 2.27. The van der Waals surface area contributed by atoms with E-state index < -0.39 is 0 Å². The van der Waals surface area contributed by atoms with Crippen LogP contribution in [0.4, 0.5) is 5.69 Å². The second-order valence-corrected chi connectivity index (χ2v) is 7.26. The lowest BCUT2D eigenvalue weighted by molar-refractivity contribution is -0.122. The van der Waals surface area contributed by atoms with Crippen molar-refractivity contribution in [3.63, 3.8) is 0 Å². The van der Waals surface area contributed by atoms with Crippen molar-refractivity contribution in [2.24, 2.45) is 5.92 Å². The van der Waals surface area contributed by atoms with Gasteiger partial charge in [-0.1, -0.05) is 30.3 Å². The fourth-order valence-electron chi connectivity index (χ4n) is 3.26. The molecule has 0 saturated heterocycles. The number of anilines is 1. The number of rotatable bonds is 6. The summed E-state index contributed by atoms with van der Waals surface area (Å²) in [7, 11) is 3.42. The molecule has 0 fully saturated rings. The molecule has 1 unspecified atom stereocenters. The molecule has 2 aromatic rings. The smallest absolute Gasteiger partial charge is 0.253 e. The summed E-state index contributed by atoms with van der Waals surface area (Å²) in [6.07, 6.45) is 1.48. The van der Waals surface area contributed by atoms with Crippen molar-refractivity contribution >= 4 is 23.4 Å². The van der Waals surface area contributed by atoms with Gasteiger partial charge in [-0.2, -0.15) is 0 Å². The normalized spacial score (nSPS) is 15.4. The molecule has 6 nitrogen and oxygen atoms in total. The molecule has 0 bridgehead atoms. The number of carbonyl (C=O) groups excluding carboxylic acids is 3. The third-order valence-electron chi connectivity index (χ3n) is 4.93. The minimum Gasteiger partial charge on any atom is -0.352 e. The largest absolute Gasteiger partial charge is 0.352 e. The van der Waals surface area contributed by atoms with Crippen LogP contribution in [0.3, 0.4) is 0 Å². The Kier molecular flexibility index (Phi) is 6.09. The molecule has 6 heteroatoms. The molecule has 146 valence electrons. The molecule has 28 heavy (non-hydrogen) atoms. The summed E-state index contributed by atoms with van der Waals surface area (Å²) in [4.78, 5) is 37.8. The number of hydrogen-bond donors (Lipinski definition) is 2. The highest BCUT2D eigenvalue weighted by atomic mass is 16.2. The van der Waals surface area contributed by atoms with Crippen LogP contribution in [-0.2, 0) is 22.6 Å². The Balaban J connectivity index is 1.46. The predicted octanol–water partition coefficient (Wildman–Crippen LogP) is 2.60. The van der Waals surface area contributed by atoms with E-state index >= 15 is 0 Å². The predicted molar refractivity (Wildman–Crippen MR) is 108 cm³/mol. The van der Waals surface area contributed by atoms with Crippen molar-refractivity contribution in [3.8, 4) is 0 Å².